The van der Waals surface area contributed by atoms with Crippen LogP contribution in [0.1, 0.15) is 20.3 Å². The fraction of sp³-hybridized carbons (Fsp3) is 1.00. The van der Waals surface area contributed by atoms with Gasteiger partial charge in [0.2, 0.25) is 0 Å². The fourth-order valence-corrected chi connectivity index (χ4v) is 1.74. The van der Waals surface area contributed by atoms with E-state index in [1.54, 1.807) is 0 Å². The Morgan fingerprint density at radius 1 is 1.50 bits per heavy atom. The van der Waals surface area contributed by atoms with Gasteiger partial charge in [0.15, 0.2) is 5.79 Å². The molecule has 4 heteroatoms. The Hall–Kier alpha value is -0.160. The van der Waals surface area contributed by atoms with Gasteiger partial charge in [0.05, 0.1) is 19.6 Å². The topological polar surface area (TPSA) is 46.0 Å². The molecule has 0 bridgehead atoms. The Balaban J connectivity index is 1.91. The van der Waals surface area contributed by atoms with Gasteiger partial charge < -0.3 is 19.7 Å². The Bertz CT molecular complexity index is 183. The first kappa shape index (κ1) is 8.44. The third-order valence-electron chi connectivity index (χ3n) is 2.59. The lowest BCUT2D eigenvalue weighted by atomic mass is 10.0. The first-order valence-corrected chi connectivity index (χ1v) is 4.43. The van der Waals surface area contributed by atoms with Gasteiger partial charge in [-0.1, -0.05) is 0 Å². The SMILES string of the molecule is CC1(C)OC[C@@H](C2CC[NH+]2[O-])O1. The molecule has 0 amide bonds. The van der Waals surface area contributed by atoms with Crippen molar-refractivity contribution >= 4 is 0 Å². The van der Waals surface area contributed by atoms with Crippen molar-refractivity contribution in [2.24, 2.45) is 0 Å². The zero-order chi connectivity index (χ0) is 8.77. The van der Waals surface area contributed by atoms with Crippen molar-refractivity contribution in [2.75, 3.05) is 13.2 Å². The lowest BCUT2D eigenvalue weighted by Gasteiger charge is -2.42. The second-order valence-electron chi connectivity index (χ2n) is 3.98. The van der Waals surface area contributed by atoms with Crippen molar-refractivity contribution in [1.29, 1.82) is 0 Å². The summed E-state index contributed by atoms with van der Waals surface area (Å²) in [6.45, 7) is 5.07. The average Bonchev–Trinajstić information content (AvgIpc) is 2.27. The van der Waals surface area contributed by atoms with Crippen LogP contribution in [0.25, 0.3) is 0 Å². The molecule has 0 aromatic rings. The number of rotatable bonds is 1. The van der Waals surface area contributed by atoms with Crippen molar-refractivity contribution in [3.05, 3.63) is 5.21 Å². The molecule has 2 rings (SSSR count). The summed E-state index contributed by atoms with van der Waals surface area (Å²) in [5.74, 6) is -0.486. The third-order valence-corrected chi connectivity index (χ3v) is 2.59. The highest BCUT2D eigenvalue weighted by atomic mass is 16.7. The molecule has 2 fully saturated rings. The van der Waals surface area contributed by atoms with E-state index in [1.165, 1.54) is 0 Å². The summed E-state index contributed by atoms with van der Waals surface area (Å²) in [7, 11) is 0. The summed E-state index contributed by atoms with van der Waals surface area (Å²) in [6.07, 6.45) is 0.990. The van der Waals surface area contributed by atoms with Gasteiger partial charge in [-0.15, -0.1) is 0 Å². The van der Waals surface area contributed by atoms with E-state index < -0.39 is 5.79 Å². The van der Waals surface area contributed by atoms with E-state index in [-0.39, 0.29) is 12.1 Å². The van der Waals surface area contributed by atoms with E-state index >= 15 is 0 Å². The Morgan fingerprint density at radius 3 is 2.58 bits per heavy atom. The van der Waals surface area contributed by atoms with Gasteiger partial charge in [-0.05, 0) is 13.8 Å². The number of hydrogen-bond donors (Lipinski definition) is 1. The third kappa shape index (κ3) is 1.35. The van der Waals surface area contributed by atoms with E-state index in [2.05, 4.69) is 0 Å². The quantitative estimate of drug-likeness (QED) is 0.533. The highest BCUT2D eigenvalue weighted by Gasteiger charge is 2.43. The van der Waals surface area contributed by atoms with Gasteiger partial charge in [-0.3, -0.25) is 0 Å². The molecular weight excluding hydrogens is 158 g/mol. The minimum absolute atomic E-state index is 0.0150. The number of hydroxylamine groups is 2. The second kappa shape index (κ2) is 2.67. The maximum absolute atomic E-state index is 11.1. The van der Waals surface area contributed by atoms with Crippen LogP contribution in [-0.2, 0) is 9.47 Å². The van der Waals surface area contributed by atoms with Crippen molar-refractivity contribution in [3.8, 4) is 0 Å². The molecule has 3 atom stereocenters. The summed E-state index contributed by atoms with van der Waals surface area (Å²) in [4.78, 5) is 0. The molecule has 70 valence electrons. The van der Waals surface area contributed by atoms with E-state index in [0.29, 0.717) is 11.7 Å². The molecule has 0 spiro atoms. The average molecular weight is 173 g/mol. The monoisotopic (exact) mass is 173 g/mol. The van der Waals surface area contributed by atoms with Crippen molar-refractivity contribution in [1.82, 2.24) is 0 Å². The summed E-state index contributed by atoms with van der Waals surface area (Å²) >= 11 is 0. The molecule has 0 aliphatic carbocycles. The van der Waals surface area contributed by atoms with Crippen molar-refractivity contribution < 1.29 is 14.5 Å². The van der Waals surface area contributed by atoms with Gasteiger partial charge in [0.25, 0.3) is 0 Å². The van der Waals surface area contributed by atoms with Crippen molar-refractivity contribution in [2.45, 2.75) is 38.2 Å². The second-order valence-corrected chi connectivity index (χ2v) is 3.98. The number of quaternary nitrogens is 1. The lowest BCUT2D eigenvalue weighted by Crippen LogP contribution is -3.19. The van der Waals surface area contributed by atoms with Crippen LogP contribution in [0, 0.1) is 5.21 Å². The minimum Gasteiger partial charge on any atom is -0.634 e. The van der Waals surface area contributed by atoms with Crippen LogP contribution in [-0.4, -0.2) is 31.1 Å². The smallest absolute Gasteiger partial charge is 0.163 e. The van der Waals surface area contributed by atoms with E-state index in [9.17, 15) is 5.21 Å². The molecule has 1 N–H and O–H groups in total. The first-order valence-electron chi connectivity index (χ1n) is 4.43. The van der Waals surface area contributed by atoms with Crippen LogP contribution < -0.4 is 5.06 Å². The molecule has 12 heavy (non-hydrogen) atoms. The van der Waals surface area contributed by atoms with Crippen LogP contribution in [0.5, 0.6) is 0 Å². The van der Waals surface area contributed by atoms with Crippen LogP contribution in [0.2, 0.25) is 0 Å². The highest BCUT2D eigenvalue weighted by molar-refractivity contribution is 4.81. The Morgan fingerprint density at radius 2 is 2.25 bits per heavy atom. The normalized spacial score (nSPS) is 45.8. The minimum atomic E-state index is -0.486. The van der Waals surface area contributed by atoms with Gasteiger partial charge in [-0.2, -0.15) is 0 Å². The van der Waals surface area contributed by atoms with Gasteiger partial charge in [0, 0.05) is 0 Å². The molecule has 0 saturated carbocycles. The van der Waals surface area contributed by atoms with Crippen LogP contribution in [0.3, 0.4) is 0 Å². The Kier molecular flexibility index (Phi) is 1.88. The molecular formula is C8H15NO3. The molecule has 0 aromatic carbocycles. The maximum atomic E-state index is 11.1. The van der Waals surface area contributed by atoms with Gasteiger partial charge in [0.1, 0.15) is 12.1 Å². The molecule has 2 saturated heterocycles. The predicted octanol–water partition coefficient (Wildman–Crippen LogP) is -0.707. The summed E-state index contributed by atoms with van der Waals surface area (Å²) in [6, 6.07) is 0.117. The summed E-state index contributed by atoms with van der Waals surface area (Å²) < 4.78 is 11.0. The number of nitrogens with one attached hydrogen (secondary N) is 1. The summed E-state index contributed by atoms with van der Waals surface area (Å²) in [5.41, 5.74) is 0. The standard InChI is InChI=1S/C8H15NO3/c1-8(2)11-5-7(12-8)6-3-4-9(6)10/h6-7,9H,3-5H2,1-2H3/t6?,7-/m0/s1. The molecule has 2 aliphatic heterocycles. The van der Waals surface area contributed by atoms with Crippen LogP contribution in [0.4, 0.5) is 0 Å². The molecule has 2 aliphatic rings. The fourth-order valence-electron chi connectivity index (χ4n) is 1.74. The zero-order valence-electron chi connectivity index (χ0n) is 7.50. The van der Waals surface area contributed by atoms with E-state index in [0.717, 1.165) is 13.0 Å². The molecule has 0 aromatic heterocycles. The van der Waals surface area contributed by atoms with Gasteiger partial charge >= 0.3 is 0 Å². The molecule has 4 nitrogen and oxygen atoms in total. The first-order chi connectivity index (χ1) is 5.58. The van der Waals surface area contributed by atoms with Crippen LogP contribution in [0.15, 0.2) is 0 Å². The number of hydrogen-bond acceptors (Lipinski definition) is 3. The predicted molar refractivity (Wildman–Crippen MR) is 42.5 cm³/mol. The van der Waals surface area contributed by atoms with E-state index in [1.807, 2.05) is 13.8 Å². The van der Waals surface area contributed by atoms with Gasteiger partial charge in [-0.25, -0.2) is 0 Å². The van der Waals surface area contributed by atoms with E-state index in [4.69, 9.17) is 9.47 Å². The molecule has 2 heterocycles. The van der Waals surface area contributed by atoms with Crippen LogP contribution >= 0.6 is 0 Å². The largest absolute Gasteiger partial charge is 0.634 e. The summed E-state index contributed by atoms with van der Waals surface area (Å²) in [5, 5.41) is 11.4. The Labute approximate surface area is 72.0 Å². The zero-order valence-corrected chi connectivity index (χ0v) is 7.50. The maximum Gasteiger partial charge on any atom is 0.163 e. The molecule has 2 unspecified atom stereocenters. The molecule has 0 radical (unpaired) electrons. The highest BCUT2D eigenvalue weighted by Crippen LogP contribution is 2.25. The van der Waals surface area contributed by atoms with Crippen molar-refractivity contribution in [3.63, 3.8) is 0 Å². The number of ether oxygens (including phenoxy) is 2. The lowest BCUT2D eigenvalue weighted by molar-refractivity contribution is -0.924.